The third kappa shape index (κ3) is 2.25. The van der Waals surface area contributed by atoms with E-state index in [2.05, 4.69) is 9.64 Å². The number of ether oxygens (including phenoxy) is 1. The predicted molar refractivity (Wildman–Crippen MR) is 55.9 cm³/mol. The minimum Gasteiger partial charge on any atom is -0.467 e. The Morgan fingerprint density at radius 2 is 2.56 bits per heavy atom. The van der Waals surface area contributed by atoms with E-state index in [1.807, 2.05) is 0 Å². The molecule has 1 aromatic heterocycles. The van der Waals surface area contributed by atoms with Crippen LogP contribution in [0.2, 0.25) is 0 Å². The van der Waals surface area contributed by atoms with Gasteiger partial charge in [-0.15, -0.1) is 0 Å². The zero-order chi connectivity index (χ0) is 11.5. The van der Waals surface area contributed by atoms with Gasteiger partial charge >= 0.3 is 5.97 Å². The predicted octanol–water partition coefficient (Wildman–Crippen LogP) is 0.633. The van der Waals surface area contributed by atoms with E-state index in [1.54, 1.807) is 6.07 Å². The molecule has 88 valence electrons. The van der Waals surface area contributed by atoms with Crippen molar-refractivity contribution in [2.45, 2.75) is 19.1 Å². The highest BCUT2D eigenvalue weighted by Crippen LogP contribution is 2.18. The molecular formula is C11H15NO4. The lowest BCUT2D eigenvalue weighted by Gasteiger charge is -2.13. The fraction of sp³-hybridized carbons (Fsp3) is 0.545. The van der Waals surface area contributed by atoms with Gasteiger partial charge in [0.1, 0.15) is 11.3 Å². The van der Waals surface area contributed by atoms with Crippen LogP contribution in [0.4, 0.5) is 0 Å². The molecule has 0 amide bonds. The summed E-state index contributed by atoms with van der Waals surface area (Å²) in [4.78, 5) is 13.4. The molecular weight excluding hydrogens is 210 g/mol. The summed E-state index contributed by atoms with van der Waals surface area (Å²) in [5, 5.41) is 9.39. The lowest BCUT2D eigenvalue weighted by molar-refractivity contribution is 0.0596. The van der Waals surface area contributed by atoms with Gasteiger partial charge in [0, 0.05) is 13.1 Å². The van der Waals surface area contributed by atoms with Gasteiger partial charge in [0.15, 0.2) is 0 Å². The maximum atomic E-state index is 11.4. The van der Waals surface area contributed by atoms with Crippen LogP contribution < -0.4 is 0 Å². The number of likely N-dealkylation sites (tertiary alicyclic amines) is 1. The SMILES string of the molecule is COC(=O)c1ccoc1CN1CC[C@H](O)C1. The van der Waals surface area contributed by atoms with Gasteiger partial charge in [0.05, 0.1) is 26.0 Å². The molecule has 1 aliphatic heterocycles. The number of rotatable bonds is 3. The van der Waals surface area contributed by atoms with E-state index in [4.69, 9.17) is 4.42 Å². The van der Waals surface area contributed by atoms with Gasteiger partial charge in [0.25, 0.3) is 0 Å². The Hall–Kier alpha value is -1.33. The van der Waals surface area contributed by atoms with E-state index in [0.29, 0.717) is 24.4 Å². The fourth-order valence-corrected chi connectivity index (χ4v) is 1.91. The normalized spacial score (nSPS) is 21.2. The number of furan rings is 1. The number of aliphatic hydroxyl groups excluding tert-OH is 1. The van der Waals surface area contributed by atoms with E-state index in [1.165, 1.54) is 13.4 Å². The Kier molecular flexibility index (Phi) is 3.26. The molecule has 5 heteroatoms. The van der Waals surface area contributed by atoms with Gasteiger partial charge in [-0.05, 0) is 12.5 Å². The second-order valence-electron chi connectivity index (χ2n) is 3.93. The summed E-state index contributed by atoms with van der Waals surface area (Å²) in [6.45, 7) is 1.98. The van der Waals surface area contributed by atoms with Gasteiger partial charge in [-0.2, -0.15) is 0 Å². The first-order valence-corrected chi connectivity index (χ1v) is 5.26. The average molecular weight is 225 g/mol. The van der Waals surface area contributed by atoms with E-state index in [9.17, 15) is 9.90 Å². The van der Waals surface area contributed by atoms with E-state index in [-0.39, 0.29) is 12.1 Å². The van der Waals surface area contributed by atoms with Gasteiger partial charge < -0.3 is 14.3 Å². The summed E-state index contributed by atoms with van der Waals surface area (Å²) in [5.41, 5.74) is 0.462. The highest BCUT2D eigenvalue weighted by molar-refractivity contribution is 5.90. The van der Waals surface area contributed by atoms with Crippen LogP contribution in [-0.2, 0) is 11.3 Å². The Labute approximate surface area is 93.6 Å². The molecule has 2 rings (SSSR count). The topological polar surface area (TPSA) is 62.9 Å². The summed E-state index contributed by atoms with van der Waals surface area (Å²) >= 11 is 0. The van der Waals surface area contributed by atoms with E-state index >= 15 is 0 Å². The van der Waals surface area contributed by atoms with Crippen molar-refractivity contribution in [2.75, 3.05) is 20.2 Å². The van der Waals surface area contributed by atoms with Crippen LogP contribution in [-0.4, -0.2) is 42.3 Å². The molecule has 5 nitrogen and oxygen atoms in total. The Morgan fingerprint density at radius 1 is 1.75 bits per heavy atom. The molecule has 0 aliphatic carbocycles. The van der Waals surface area contributed by atoms with E-state index < -0.39 is 0 Å². The quantitative estimate of drug-likeness (QED) is 0.764. The van der Waals surface area contributed by atoms with Crippen molar-refractivity contribution in [1.29, 1.82) is 0 Å². The molecule has 0 bridgehead atoms. The van der Waals surface area contributed by atoms with Crippen molar-refractivity contribution in [3.05, 3.63) is 23.7 Å². The van der Waals surface area contributed by atoms with Crippen LogP contribution >= 0.6 is 0 Å². The summed E-state index contributed by atoms with van der Waals surface area (Å²) in [7, 11) is 1.35. The first-order valence-electron chi connectivity index (χ1n) is 5.26. The van der Waals surface area contributed by atoms with Crippen LogP contribution in [0.3, 0.4) is 0 Å². The van der Waals surface area contributed by atoms with Gasteiger partial charge in [-0.3, -0.25) is 4.90 Å². The number of aliphatic hydroxyl groups is 1. The summed E-state index contributed by atoms with van der Waals surface area (Å²) in [6, 6.07) is 1.60. The second-order valence-corrected chi connectivity index (χ2v) is 3.93. The molecule has 1 fully saturated rings. The minimum absolute atomic E-state index is 0.267. The molecule has 0 saturated carbocycles. The van der Waals surface area contributed by atoms with Gasteiger partial charge in [0.2, 0.25) is 0 Å². The maximum Gasteiger partial charge on any atom is 0.341 e. The Morgan fingerprint density at radius 3 is 3.19 bits per heavy atom. The molecule has 1 N–H and O–H groups in total. The lowest BCUT2D eigenvalue weighted by Crippen LogP contribution is -2.22. The fourth-order valence-electron chi connectivity index (χ4n) is 1.91. The molecule has 0 spiro atoms. The molecule has 2 heterocycles. The standard InChI is InChI=1S/C11H15NO4/c1-15-11(14)9-3-5-16-10(9)7-12-4-2-8(13)6-12/h3,5,8,13H,2,4,6-7H2,1H3/t8-/m0/s1. The molecule has 1 aromatic rings. The number of nitrogens with zero attached hydrogens (tertiary/aromatic N) is 1. The zero-order valence-electron chi connectivity index (χ0n) is 9.18. The van der Waals surface area contributed by atoms with Crippen LogP contribution in [0, 0.1) is 0 Å². The Bertz CT molecular complexity index is 374. The molecule has 1 aliphatic rings. The molecule has 1 atom stereocenters. The highest BCUT2D eigenvalue weighted by atomic mass is 16.5. The third-order valence-corrected chi connectivity index (χ3v) is 2.77. The Balaban J connectivity index is 2.04. The van der Waals surface area contributed by atoms with Crippen molar-refractivity contribution in [1.82, 2.24) is 4.90 Å². The molecule has 0 radical (unpaired) electrons. The zero-order valence-corrected chi connectivity index (χ0v) is 9.18. The number of esters is 1. The van der Waals surface area contributed by atoms with Crippen LogP contribution in [0.5, 0.6) is 0 Å². The first-order chi connectivity index (χ1) is 7.70. The lowest BCUT2D eigenvalue weighted by atomic mass is 10.2. The number of carbonyl (C=O) groups is 1. The molecule has 0 unspecified atom stereocenters. The number of carbonyl (C=O) groups excluding carboxylic acids is 1. The number of methoxy groups -OCH3 is 1. The van der Waals surface area contributed by atoms with Crippen LogP contribution in [0.15, 0.2) is 16.7 Å². The smallest absolute Gasteiger partial charge is 0.341 e. The highest BCUT2D eigenvalue weighted by Gasteiger charge is 2.23. The van der Waals surface area contributed by atoms with Crippen molar-refractivity contribution >= 4 is 5.97 Å². The number of β-amino-alcohol motifs (C(OH)–C–C–N with tert-alkyl or cyclic N) is 1. The number of hydrogen-bond donors (Lipinski definition) is 1. The summed E-state index contributed by atoms with van der Waals surface area (Å²) < 4.78 is 9.91. The van der Waals surface area contributed by atoms with Gasteiger partial charge in [-0.25, -0.2) is 4.79 Å². The average Bonchev–Trinajstić information content (AvgIpc) is 2.87. The maximum absolute atomic E-state index is 11.4. The van der Waals surface area contributed by atoms with Crippen molar-refractivity contribution in [3.8, 4) is 0 Å². The second kappa shape index (κ2) is 4.67. The molecule has 0 aromatic carbocycles. The summed E-state index contributed by atoms with van der Waals surface area (Å²) in [5.74, 6) is 0.212. The van der Waals surface area contributed by atoms with Crippen LogP contribution in [0.25, 0.3) is 0 Å². The number of hydrogen-bond acceptors (Lipinski definition) is 5. The van der Waals surface area contributed by atoms with Crippen LogP contribution in [0.1, 0.15) is 22.5 Å². The summed E-state index contributed by atoms with van der Waals surface area (Å²) in [6.07, 6.45) is 1.99. The van der Waals surface area contributed by atoms with Gasteiger partial charge in [-0.1, -0.05) is 0 Å². The molecule has 16 heavy (non-hydrogen) atoms. The first kappa shape index (κ1) is 11.2. The molecule has 1 saturated heterocycles. The van der Waals surface area contributed by atoms with Crippen molar-refractivity contribution in [2.24, 2.45) is 0 Å². The third-order valence-electron chi connectivity index (χ3n) is 2.77. The van der Waals surface area contributed by atoms with E-state index in [0.717, 1.165) is 13.0 Å². The van der Waals surface area contributed by atoms with Crippen molar-refractivity contribution in [3.63, 3.8) is 0 Å². The monoisotopic (exact) mass is 225 g/mol. The largest absolute Gasteiger partial charge is 0.467 e. The minimum atomic E-state index is -0.386. The van der Waals surface area contributed by atoms with Crippen molar-refractivity contribution < 1.29 is 19.1 Å².